The first-order valence-electron chi connectivity index (χ1n) is 8.29. The molecule has 0 spiro atoms. The molecular weight excluding hydrogens is 282 g/mol. The van der Waals surface area contributed by atoms with Gasteiger partial charge in [0.2, 0.25) is 5.91 Å². The van der Waals surface area contributed by atoms with Crippen LogP contribution in [-0.2, 0) is 11.2 Å². The van der Waals surface area contributed by atoms with E-state index in [1.807, 2.05) is 6.92 Å². The lowest BCUT2D eigenvalue weighted by Gasteiger charge is -2.17. The molecule has 2 rings (SSSR count). The molecule has 2 nitrogen and oxygen atoms in total. The minimum atomic E-state index is 0.0443. The normalized spacial score (nSPS) is 12.0. The predicted molar refractivity (Wildman–Crippen MR) is 96.7 cm³/mol. The van der Waals surface area contributed by atoms with E-state index < -0.39 is 0 Å². The summed E-state index contributed by atoms with van der Waals surface area (Å²) in [6, 6.07) is 12.8. The van der Waals surface area contributed by atoms with Gasteiger partial charge in [-0.15, -0.1) is 0 Å². The molecule has 0 aromatic heterocycles. The summed E-state index contributed by atoms with van der Waals surface area (Å²) in [6.45, 7) is 10.5. The third-order valence-corrected chi connectivity index (χ3v) is 4.48. The SMILES string of the molecule is Cc1ccc(C(C)NC(=O)CCc2ccc(C)c(C)c2)c(C)c1. The smallest absolute Gasteiger partial charge is 0.220 e. The van der Waals surface area contributed by atoms with Gasteiger partial charge in [0.05, 0.1) is 6.04 Å². The number of nitrogens with one attached hydrogen (secondary N) is 1. The van der Waals surface area contributed by atoms with Gasteiger partial charge in [-0.1, -0.05) is 42.0 Å². The van der Waals surface area contributed by atoms with E-state index in [9.17, 15) is 4.79 Å². The van der Waals surface area contributed by atoms with Crippen LogP contribution in [0.2, 0.25) is 0 Å². The van der Waals surface area contributed by atoms with Gasteiger partial charge >= 0.3 is 0 Å². The van der Waals surface area contributed by atoms with E-state index in [1.165, 1.54) is 33.4 Å². The van der Waals surface area contributed by atoms with Crippen molar-refractivity contribution < 1.29 is 4.79 Å². The Morgan fingerprint density at radius 1 is 0.957 bits per heavy atom. The molecule has 23 heavy (non-hydrogen) atoms. The Kier molecular flexibility index (Phi) is 5.59. The van der Waals surface area contributed by atoms with E-state index in [1.54, 1.807) is 0 Å². The van der Waals surface area contributed by atoms with Crippen molar-refractivity contribution in [3.63, 3.8) is 0 Å². The Hall–Kier alpha value is -2.09. The summed E-state index contributed by atoms with van der Waals surface area (Å²) in [5.41, 5.74) is 7.47. The Bertz CT molecular complexity index is 703. The van der Waals surface area contributed by atoms with Crippen molar-refractivity contribution in [3.8, 4) is 0 Å². The number of hydrogen-bond donors (Lipinski definition) is 1. The molecule has 2 aromatic carbocycles. The van der Waals surface area contributed by atoms with Crippen LogP contribution >= 0.6 is 0 Å². The van der Waals surface area contributed by atoms with Crippen LogP contribution in [-0.4, -0.2) is 5.91 Å². The highest BCUT2D eigenvalue weighted by Crippen LogP contribution is 2.19. The maximum atomic E-state index is 12.2. The minimum absolute atomic E-state index is 0.0443. The lowest BCUT2D eigenvalue weighted by molar-refractivity contribution is -0.121. The molecular formula is C21H27NO. The number of aryl methyl sites for hydroxylation is 5. The molecule has 0 bridgehead atoms. The van der Waals surface area contributed by atoms with E-state index in [2.05, 4.69) is 69.4 Å². The molecule has 0 heterocycles. The van der Waals surface area contributed by atoms with Gasteiger partial charge in [-0.3, -0.25) is 4.79 Å². The summed E-state index contributed by atoms with van der Waals surface area (Å²) in [6.07, 6.45) is 1.31. The van der Waals surface area contributed by atoms with Crippen molar-refractivity contribution in [2.45, 2.75) is 53.5 Å². The molecule has 0 fully saturated rings. The van der Waals surface area contributed by atoms with Crippen molar-refractivity contribution in [1.82, 2.24) is 5.32 Å². The van der Waals surface area contributed by atoms with E-state index in [-0.39, 0.29) is 11.9 Å². The molecule has 0 radical (unpaired) electrons. The van der Waals surface area contributed by atoms with Crippen LogP contribution in [0, 0.1) is 27.7 Å². The third kappa shape index (κ3) is 4.69. The molecule has 0 aliphatic rings. The molecule has 1 atom stereocenters. The summed E-state index contributed by atoms with van der Waals surface area (Å²) >= 11 is 0. The zero-order valence-corrected chi connectivity index (χ0v) is 14.9. The van der Waals surface area contributed by atoms with Crippen LogP contribution in [0.3, 0.4) is 0 Å². The number of amides is 1. The van der Waals surface area contributed by atoms with Gasteiger partial charge in [0.1, 0.15) is 0 Å². The number of hydrogen-bond acceptors (Lipinski definition) is 1. The number of carbonyl (C=O) groups excluding carboxylic acids is 1. The van der Waals surface area contributed by atoms with Crippen LogP contribution < -0.4 is 5.32 Å². The predicted octanol–water partition coefficient (Wildman–Crippen LogP) is 4.73. The van der Waals surface area contributed by atoms with Gasteiger partial charge in [0, 0.05) is 6.42 Å². The Balaban J connectivity index is 1.92. The van der Waals surface area contributed by atoms with Gasteiger partial charge in [-0.2, -0.15) is 0 Å². The Morgan fingerprint density at radius 2 is 1.70 bits per heavy atom. The molecule has 1 unspecified atom stereocenters. The summed E-state index contributed by atoms with van der Waals surface area (Å²) in [5.74, 6) is 0.107. The standard InChI is InChI=1S/C21H27NO/c1-14-6-10-20(17(4)12-14)18(5)22-21(23)11-9-19-8-7-15(2)16(3)13-19/h6-8,10,12-13,18H,9,11H2,1-5H3,(H,22,23). The van der Waals surface area contributed by atoms with E-state index >= 15 is 0 Å². The van der Waals surface area contributed by atoms with Crippen LogP contribution in [0.25, 0.3) is 0 Å². The molecule has 0 saturated carbocycles. The van der Waals surface area contributed by atoms with Gasteiger partial charge < -0.3 is 5.32 Å². The summed E-state index contributed by atoms with van der Waals surface area (Å²) in [4.78, 5) is 12.2. The molecule has 1 N–H and O–H groups in total. The van der Waals surface area contributed by atoms with Crippen LogP contribution in [0.15, 0.2) is 36.4 Å². The van der Waals surface area contributed by atoms with Crippen LogP contribution in [0.4, 0.5) is 0 Å². The highest BCUT2D eigenvalue weighted by Gasteiger charge is 2.12. The zero-order chi connectivity index (χ0) is 17.0. The van der Waals surface area contributed by atoms with Crippen molar-refractivity contribution in [2.75, 3.05) is 0 Å². The quantitative estimate of drug-likeness (QED) is 0.850. The summed E-state index contributed by atoms with van der Waals surface area (Å²) in [7, 11) is 0. The second-order valence-corrected chi connectivity index (χ2v) is 6.57. The first kappa shape index (κ1) is 17.3. The molecule has 2 heteroatoms. The van der Waals surface area contributed by atoms with Crippen molar-refractivity contribution in [1.29, 1.82) is 0 Å². The first-order valence-corrected chi connectivity index (χ1v) is 8.29. The van der Waals surface area contributed by atoms with Gasteiger partial charge in [0.25, 0.3) is 0 Å². The van der Waals surface area contributed by atoms with Gasteiger partial charge in [0.15, 0.2) is 0 Å². The van der Waals surface area contributed by atoms with Gasteiger partial charge in [-0.05, 0) is 68.9 Å². The Morgan fingerprint density at radius 3 is 2.35 bits per heavy atom. The first-order chi connectivity index (χ1) is 10.9. The van der Waals surface area contributed by atoms with E-state index in [0.29, 0.717) is 6.42 Å². The molecule has 1 amide bonds. The third-order valence-electron chi connectivity index (χ3n) is 4.48. The summed E-state index contributed by atoms with van der Waals surface area (Å²) in [5, 5.41) is 3.11. The maximum Gasteiger partial charge on any atom is 0.220 e. The fourth-order valence-corrected chi connectivity index (χ4v) is 2.92. The number of rotatable bonds is 5. The summed E-state index contributed by atoms with van der Waals surface area (Å²) < 4.78 is 0. The Labute approximate surface area is 139 Å². The van der Waals surface area contributed by atoms with E-state index in [4.69, 9.17) is 0 Å². The highest BCUT2D eigenvalue weighted by molar-refractivity contribution is 5.76. The van der Waals surface area contributed by atoms with Crippen molar-refractivity contribution in [2.24, 2.45) is 0 Å². The van der Waals surface area contributed by atoms with Crippen LogP contribution in [0.1, 0.15) is 52.8 Å². The fourth-order valence-electron chi connectivity index (χ4n) is 2.92. The van der Waals surface area contributed by atoms with Crippen LogP contribution in [0.5, 0.6) is 0 Å². The topological polar surface area (TPSA) is 29.1 Å². The lowest BCUT2D eigenvalue weighted by Crippen LogP contribution is -2.27. The monoisotopic (exact) mass is 309 g/mol. The molecule has 2 aromatic rings. The number of benzene rings is 2. The second-order valence-electron chi connectivity index (χ2n) is 6.57. The minimum Gasteiger partial charge on any atom is -0.350 e. The maximum absolute atomic E-state index is 12.2. The van der Waals surface area contributed by atoms with Gasteiger partial charge in [-0.25, -0.2) is 0 Å². The second kappa shape index (κ2) is 7.45. The lowest BCUT2D eigenvalue weighted by atomic mass is 10.00. The molecule has 0 aliphatic heterocycles. The van der Waals surface area contributed by atoms with Crippen molar-refractivity contribution in [3.05, 3.63) is 69.8 Å². The fraction of sp³-hybridized carbons (Fsp3) is 0.381. The zero-order valence-electron chi connectivity index (χ0n) is 14.9. The molecule has 0 saturated heterocycles. The highest BCUT2D eigenvalue weighted by atomic mass is 16.1. The van der Waals surface area contributed by atoms with E-state index in [0.717, 1.165) is 6.42 Å². The molecule has 122 valence electrons. The molecule has 0 aliphatic carbocycles. The average Bonchev–Trinajstić information content (AvgIpc) is 2.48. The largest absolute Gasteiger partial charge is 0.350 e. The van der Waals surface area contributed by atoms with Crippen molar-refractivity contribution >= 4 is 5.91 Å². The average molecular weight is 309 g/mol. The number of carbonyl (C=O) groups is 1.